The molecule has 1 N–H and O–H groups in total. The molecule has 3 rings (SSSR count). The van der Waals surface area contributed by atoms with Crippen molar-refractivity contribution >= 4 is 11.9 Å². The van der Waals surface area contributed by atoms with Crippen molar-refractivity contribution in [3.05, 3.63) is 12.2 Å². The van der Waals surface area contributed by atoms with E-state index in [0.29, 0.717) is 12.1 Å². The molecule has 0 aromatic heterocycles. The molecule has 3 amide bonds. The van der Waals surface area contributed by atoms with Gasteiger partial charge in [-0.3, -0.25) is 4.79 Å². The predicted molar refractivity (Wildman–Crippen MR) is 94.7 cm³/mol. The monoisotopic (exact) mass is 333 g/mol. The van der Waals surface area contributed by atoms with Crippen molar-refractivity contribution < 1.29 is 9.59 Å². The molecule has 2 aliphatic carbocycles. The largest absolute Gasteiger partial charge is 0.337 e. The molecule has 5 nitrogen and oxygen atoms in total. The zero-order valence-corrected chi connectivity index (χ0v) is 14.9. The fraction of sp³-hybridized carbons (Fsp3) is 0.789. The molecule has 0 unspecified atom stereocenters. The first kappa shape index (κ1) is 17.3. The summed E-state index contributed by atoms with van der Waals surface area (Å²) in [5.41, 5.74) is 0. The summed E-state index contributed by atoms with van der Waals surface area (Å²) in [4.78, 5) is 28.7. The van der Waals surface area contributed by atoms with Crippen molar-refractivity contribution in [2.45, 2.75) is 82.8 Å². The third kappa shape index (κ3) is 4.11. The molecule has 24 heavy (non-hydrogen) atoms. The number of carbonyl (C=O) groups excluding carboxylic acids is 2. The molecule has 3 aliphatic rings. The molecule has 0 bridgehead atoms. The van der Waals surface area contributed by atoms with E-state index in [1.807, 2.05) is 4.90 Å². The third-order valence-corrected chi connectivity index (χ3v) is 5.77. The molecular formula is C19H31N3O2. The Morgan fingerprint density at radius 1 is 1.00 bits per heavy atom. The summed E-state index contributed by atoms with van der Waals surface area (Å²) in [7, 11) is 0. The quantitative estimate of drug-likeness (QED) is 0.807. The number of hydrogen-bond acceptors (Lipinski definition) is 2. The first-order chi connectivity index (χ1) is 11.6. The van der Waals surface area contributed by atoms with Crippen LogP contribution in [0.3, 0.4) is 0 Å². The van der Waals surface area contributed by atoms with Gasteiger partial charge in [0, 0.05) is 38.1 Å². The zero-order chi connectivity index (χ0) is 16.9. The second kappa shape index (κ2) is 8.04. The molecule has 5 heteroatoms. The van der Waals surface area contributed by atoms with E-state index >= 15 is 0 Å². The van der Waals surface area contributed by atoms with Crippen LogP contribution in [-0.4, -0.2) is 53.0 Å². The van der Waals surface area contributed by atoms with Crippen LogP contribution in [0.15, 0.2) is 12.2 Å². The maximum absolute atomic E-state index is 12.5. The molecule has 0 aromatic rings. The van der Waals surface area contributed by atoms with Gasteiger partial charge in [-0.2, -0.15) is 0 Å². The Balaban J connectivity index is 1.53. The van der Waals surface area contributed by atoms with Crippen molar-refractivity contribution in [2.75, 3.05) is 13.1 Å². The van der Waals surface area contributed by atoms with Crippen LogP contribution in [0, 0.1) is 0 Å². The van der Waals surface area contributed by atoms with Crippen LogP contribution in [0.4, 0.5) is 4.79 Å². The molecule has 2 fully saturated rings. The Bertz CT molecular complexity index is 487. The van der Waals surface area contributed by atoms with Crippen LogP contribution < -0.4 is 5.32 Å². The van der Waals surface area contributed by atoms with Crippen molar-refractivity contribution in [1.82, 2.24) is 15.1 Å². The highest BCUT2D eigenvalue weighted by Gasteiger charge is 2.34. The van der Waals surface area contributed by atoms with Gasteiger partial charge in [-0.05, 0) is 57.8 Å². The lowest BCUT2D eigenvalue weighted by molar-refractivity contribution is -0.136. The van der Waals surface area contributed by atoms with Gasteiger partial charge in [-0.15, -0.1) is 0 Å². The molecule has 0 radical (unpaired) electrons. The first-order valence-electron chi connectivity index (χ1n) is 9.66. The Labute approximate surface area is 145 Å². The lowest BCUT2D eigenvalue weighted by atomic mass is 9.89. The van der Waals surface area contributed by atoms with E-state index < -0.39 is 0 Å². The number of carbonyl (C=O) groups is 2. The minimum Gasteiger partial charge on any atom is -0.337 e. The summed E-state index contributed by atoms with van der Waals surface area (Å²) in [5, 5.41) is 3.15. The van der Waals surface area contributed by atoms with Gasteiger partial charge in [-0.1, -0.05) is 12.2 Å². The smallest absolute Gasteiger partial charge is 0.317 e. The molecule has 0 spiro atoms. The van der Waals surface area contributed by atoms with E-state index in [0.717, 1.165) is 64.5 Å². The topological polar surface area (TPSA) is 52.7 Å². The summed E-state index contributed by atoms with van der Waals surface area (Å²) in [6, 6.07) is 1.000. The number of amides is 3. The standard InChI is InChI=1S/C19H31N3O2/c1-15(23)22(17-9-5-10-17)18-11-6-13-21(14-12-18)19(24)20-16-7-3-2-4-8-16/h3,7,16-18H,2,4-6,8-14H2,1H3,(H,20,24)/t16-,18+/m0/s1. The van der Waals surface area contributed by atoms with Gasteiger partial charge in [0.15, 0.2) is 0 Å². The Kier molecular flexibility index (Phi) is 5.80. The second-order valence-electron chi connectivity index (χ2n) is 7.50. The number of nitrogens with one attached hydrogen (secondary N) is 1. The van der Waals surface area contributed by atoms with E-state index in [2.05, 4.69) is 22.4 Å². The van der Waals surface area contributed by atoms with Gasteiger partial charge in [-0.25, -0.2) is 4.79 Å². The third-order valence-electron chi connectivity index (χ3n) is 5.77. The Morgan fingerprint density at radius 3 is 2.38 bits per heavy atom. The molecule has 1 saturated heterocycles. The molecule has 134 valence electrons. The minimum atomic E-state index is 0.0604. The average molecular weight is 333 g/mol. The zero-order valence-electron chi connectivity index (χ0n) is 14.9. The number of nitrogens with zero attached hydrogens (tertiary/aromatic N) is 2. The van der Waals surface area contributed by atoms with Crippen molar-refractivity contribution in [1.29, 1.82) is 0 Å². The summed E-state index contributed by atoms with van der Waals surface area (Å²) in [6.07, 6.45) is 14.0. The summed E-state index contributed by atoms with van der Waals surface area (Å²) in [5.74, 6) is 0.204. The van der Waals surface area contributed by atoms with E-state index in [9.17, 15) is 9.59 Å². The van der Waals surface area contributed by atoms with Crippen LogP contribution in [0.1, 0.15) is 64.7 Å². The van der Waals surface area contributed by atoms with Gasteiger partial charge in [0.25, 0.3) is 0 Å². The number of urea groups is 1. The lowest BCUT2D eigenvalue weighted by Gasteiger charge is -2.42. The number of likely N-dealkylation sites (tertiary alicyclic amines) is 1. The second-order valence-corrected chi connectivity index (χ2v) is 7.50. The van der Waals surface area contributed by atoms with Crippen molar-refractivity contribution in [3.63, 3.8) is 0 Å². The maximum atomic E-state index is 12.5. The SMILES string of the molecule is CC(=O)N(C1CCC1)[C@@H]1CCCN(C(=O)N[C@H]2C=CCCC2)CC1. The lowest BCUT2D eigenvalue weighted by Crippen LogP contribution is -2.50. The van der Waals surface area contributed by atoms with Gasteiger partial charge in [0.05, 0.1) is 0 Å². The number of hydrogen-bond donors (Lipinski definition) is 1. The Morgan fingerprint density at radius 2 is 1.75 bits per heavy atom. The maximum Gasteiger partial charge on any atom is 0.317 e. The van der Waals surface area contributed by atoms with E-state index in [4.69, 9.17) is 0 Å². The summed E-state index contributed by atoms with van der Waals surface area (Å²) < 4.78 is 0. The highest BCUT2D eigenvalue weighted by atomic mass is 16.2. The van der Waals surface area contributed by atoms with E-state index in [1.165, 1.54) is 6.42 Å². The molecule has 1 aliphatic heterocycles. The normalized spacial score (nSPS) is 28.0. The number of allylic oxidation sites excluding steroid dienone is 1. The molecule has 0 aromatic carbocycles. The van der Waals surface area contributed by atoms with Gasteiger partial charge < -0.3 is 15.1 Å². The van der Waals surface area contributed by atoms with Crippen molar-refractivity contribution in [2.24, 2.45) is 0 Å². The fourth-order valence-electron chi connectivity index (χ4n) is 4.22. The van der Waals surface area contributed by atoms with Gasteiger partial charge in [0.2, 0.25) is 5.91 Å². The minimum absolute atomic E-state index is 0.0604. The summed E-state index contributed by atoms with van der Waals surface area (Å²) >= 11 is 0. The highest BCUT2D eigenvalue weighted by Crippen LogP contribution is 2.30. The van der Waals surface area contributed by atoms with E-state index in [-0.39, 0.29) is 18.0 Å². The van der Waals surface area contributed by atoms with Crippen LogP contribution in [0.5, 0.6) is 0 Å². The fourth-order valence-corrected chi connectivity index (χ4v) is 4.22. The van der Waals surface area contributed by atoms with Gasteiger partial charge in [0.1, 0.15) is 0 Å². The summed E-state index contributed by atoms with van der Waals surface area (Å²) in [6.45, 7) is 3.25. The van der Waals surface area contributed by atoms with Crippen LogP contribution in [0.25, 0.3) is 0 Å². The van der Waals surface area contributed by atoms with Crippen LogP contribution >= 0.6 is 0 Å². The highest BCUT2D eigenvalue weighted by molar-refractivity contribution is 5.75. The van der Waals surface area contributed by atoms with Crippen LogP contribution in [0.2, 0.25) is 0 Å². The molecule has 1 saturated carbocycles. The van der Waals surface area contributed by atoms with Crippen LogP contribution in [-0.2, 0) is 4.79 Å². The first-order valence-corrected chi connectivity index (χ1v) is 9.66. The molecular weight excluding hydrogens is 302 g/mol. The van der Waals surface area contributed by atoms with Crippen molar-refractivity contribution in [3.8, 4) is 0 Å². The van der Waals surface area contributed by atoms with E-state index in [1.54, 1.807) is 6.92 Å². The predicted octanol–water partition coefficient (Wildman–Crippen LogP) is 3.06. The molecule has 1 heterocycles. The van der Waals surface area contributed by atoms with Gasteiger partial charge >= 0.3 is 6.03 Å². The average Bonchev–Trinajstić information content (AvgIpc) is 2.77. The molecule has 2 atom stereocenters. The number of rotatable bonds is 3. The Hall–Kier alpha value is -1.52.